The first kappa shape index (κ1) is 20.9. The van der Waals surface area contributed by atoms with Crippen LogP contribution in [0, 0.1) is 0 Å². The van der Waals surface area contributed by atoms with E-state index in [9.17, 15) is 18.0 Å². The molecule has 0 radical (unpaired) electrons. The Bertz CT molecular complexity index is 892. The number of hydrogen-bond acceptors (Lipinski definition) is 8. The minimum absolute atomic E-state index is 0.129. The zero-order chi connectivity index (χ0) is 19.9. The van der Waals surface area contributed by atoms with Crippen LogP contribution in [0.4, 0.5) is 0 Å². The monoisotopic (exact) mass is 413 g/mol. The zero-order valence-electron chi connectivity index (χ0n) is 14.8. The predicted molar refractivity (Wildman–Crippen MR) is 99.0 cm³/mol. The van der Waals surface area contributed by atoms with Crippen molar-refractivity contribution in [2.45, 2.75) is 10.6 Å². The van der Waals surface area contributed by atoms with Crippen LogP contribution in [0.1, 0.15) is 16.8 Å². The summed E-state index contributed by atoms with van der Waals surface area (Å²) in [6.07, 6.45) is -0.201. The number of ether oxygens (including phenoxy) is 3. The fourth-order valence-corrected chi connectivity index (χ4v) is 4.17. The number of methoxy groups -OCH3 is 2. The van der Waals surface area contributed by atoms with E-state index in [-0.39, 0.29) is 22.7 Å². The van der Waals surface area contributed by atoms with E-state index in [2.05, 4.69) is 4.72 Å². The second-order valence-corrected chi connectivity index (χ2v) is 8.17. The van der Waals surface area contributed by atoms with Crippen molar-refractivity contribution in [3.63, 3.8) is 0 Å². The molecule has 0 aliphatic heterocycles. The Morgan fingerprint density at radius 1 is 1.15 bits per heavy atom. The molecule has 0 amide bonds. The highest BCUT2D eigenvalue weighted by Crippen LogP contribution is 2.24. The number of carbonyl (C=O) groups is 2. The van der Waals surface area contributed by atoms with Crippen molar-refractivity contribution < 1.29 is 32.2 Å². The molecule has 0 fully saturated rings. The van der Waals surface area contributed by atoms with E-state index in [1.807, 2.05) is 0 Å². The average molecular weight is 413 g/mol. The van der Waals surface area contributed by atoms with Crippen molar-refractivity contribution in [2.75, 3.05) is 27.4 Å². The van der Waals surface area contributed by atoms with Crippen molar-refractivity contribution >= 4 is 33.1 Å². The van der Waals surface area contributed by atoms with Gasteiger partial charge in [0.2, 0.25) is 15.8 Å². The molecular weight excluding hydrogens is 394 g/mol. The van der Waals surface area contributed by atoms with Gasteiger partial charge in [0.15, 0.2) is 6.61 Å². The second kappa shape index (κ2) is 9.49. The summed E-state index contributed by atoms with van der Waals surface area (Å²) >= 11 is 1.07. The third-order valence-electron chi connectivity index (χ3n) is 3.45. The van der Waals surface area contributed by atoms with Crippen LogP contribution in [-0.2, 0) is 19.6 Å². The standard InChI is InChI=1S/C17H19NO7S2/c1-23-12-5-6-15(24-2)13(10-12)14(19)11-25-16(20)7-8-18-27(21,22)17-4-3-9-26-17/h3-6,9-10,18H,7-8,11H2,1-2H3. The number of ketones is 1. The van der Waals surface area contributed by atoms with Crippen LogP contribution in [0.15, 0.2) is 39.9 Å². The molecule has 0 saturated heterocycles. The first-order valence-corrected chi connectivity index (χ1v) is 10.2. The summed E-state index contributed by atoms with van der Waals surface area (Å²) in [7, 11) is -0.754. The molecule has 0 saturated carbocycles. The van der Waals surface area contributed by atoms with Crippen LogP contribution in [0.25, 0.3) is 0 Å². The van der Waals surface area contributed by atoms with Gasteiger partial charge in [-0.2, -0.15) is 0 Å². The molecular formula is C17H19NO7S2. The Morgan fingerprint density at radius 3 is 2.56 bits per heavy atom. The van der Waals surface area contributed by atoms with Crippen molar-refractivity contribution in [1.29, 1.82) is 0 Å². The van der Waals surface area contributed by atoms with Gasteiger partial charge in [-0.05, 0) is 29.6 Å². The van der Waals surface area contributed by atoms with Crippen molar-refractivity contribution in [2.24, 2.45) is 0 Å². The second-order valence-electron chi connectivity index (χ2n) is 5.23. The first-order chi connectivity index (χ1) is 12.9. The lowest BCUT2D eigenvalue weighted by atomic mass is 10.1. The van der Waals surface area contributed by atoms with E-state index in [0.717, 1.165) is 11.3 Å². The summed E-state index contributed by atoms with van der Waals surface area (Å²) in [5, 5.41) is 1.64. The van der Waals surface area contributed by atoms with Gasteiger partial charge in [0.05, 0.1) is 26.2 Å². The minimum Gasteiger partial charge on any atom is -0.497 e. The van der Waals surface area contributed by atoms with Crippen LogP contribution in [-0.4, -0.2) is 47.5 Å². The Hall–Kier alpha value is -2.43. The molecule has 1 N–H and O–H groups in total. The fraction of sp³-hybridized carbons (Fsp3) is 0.294. The molecule has 8 nitrogen and oxygen atoms in total. The molecule has 0 bridgehead atoms. The summed E-state index contributed by atoms with van der Waals surface area (Å²) in [6.45, 7) is -0.615. The van der Waals surface area contributed by atoms with Gasteiger partial charge in [0, 0.05) is 6.54 Å². The Kier molecular flexibility index (Phi) is 7.34. The van der Waals surface area contributed by atoms with Gasteiger partial charge < -0.3 is 14.2 Å². The lowest BCUT2D eigenvalue weighted by Crippen LogP contribution is -2.26. The van der Waals surface area contributed by atoms with E-state index in [4.69, 9.17) is 14.2 Å². The van der Waals surface area contributed by atoms with Gasteiger partial charge in [-0.25, -0.2) is 13.1 Å². The van der Waals surface area contributed by atoms with E-state index in [1.54, 1.807) is 23.6 Å². The van der Waals surface area contributed by atoms with Crippen LogP contribution in [0.2, 0.25) is 0 Å². The largest absolute Gasteiger partial charge is 0.497 e. The van der Waals surface area contributed by atoms with Crippen LogP contribution in [0.3, 0.4) is 0 Å². The number of hydrogen-bond donors (Lipinski definition) is 1. The lowest BCUT2D eigenvalue weighted by Gasteiger charge is -2.10. The van der Waals surface area contributed by atoms with Gasteiger partial charge >= 0.3 is 5.97 Å². The molecule has 0 spiro atoms. The fourth-order valence-electron chi connectivity index (χ4n) is 2.10. The first-order valence-electron chi connectivity index (χ1n) is 7.81. The molecule has 1 heterocycles. The maximum absolute atomic E-state index is 12.3. The average Bonchev–Trinajstić information content (AvgIpc) is 3.21. The molecule has 0 aliphatic rings. The number of rotatable bonds is 10. The Labute approximate surface area is 161 Å². The SMILES string of the molecule is COc1ccc(OC)c(C(=O)COC(=O)CCNS(=O)(=O)c2cccs2)c1. The number of esters is 1. The molecule has 0 unspecified atom stereocenters. The number of Topliss-reactive ketones (excluding diaryl/α,β-unsaturated/α-hetero) is 1. The van der Waals surface area contributed by atoms with Crippen molar-refractivity contribution in [3.8, 4) is 11.5 Å². The highest BCUT2D eigenvalue weighted by molar-refractivity contribution is 7.91. The van der Waals surface area contributed by atoms with Gasteiger partial charge in [-0.15, -0.1) is 11.3 Å². The van der Waals surface area contributed by atoms with E-state index in [0.29, 0.717) is 11.5 Å². The molecule has 1 aromatic carbocycles. The number of sulfonamides is 1. The van der Waals surface area contributed by atoms with Crippen molar-refractivity contribution in [1.82, 2.24) is 4.72 Å². The molecule has 2 aromatic rings. The van der Waals surface area contributed by atoms with Crippen LogP contribution in [0.5, 0.6) is 11.5 Å². The smallest absolute Gasteiger partial charge is 0.307 e. The molecule has 1 aromatic heterocycles. The maximum Gasteiger partial charge on any atom is 0.307 e. The molecule has 0 aliphatic carbocycles. The molecule has 2 rings (SSSR count). The van der Waals surface area contributed by atoms with E-state index < -0.39 is 28.4 Å². The van der Waals surface area contributed by atoms with Crippen LogP contribution < -0.4 is 14.2 Å². The summed E-state index contributed by atoms with van der Waals surface area (Å²) < 4.78 is 41.4. The highest BCUT2D eigenvalue weighted by atomic mass is 32.2. The molecule has 10 heteroatoms. The van der Waals surface area contributed by atoms with Gasteiger partial charge in [0.25, 0.3) is 0 Å². The summed E-state index contributed by atoms with van der Waals surface area (Å²) in [4.78, 5) is 24.0. The van der Waals surface area contributed by atoms with Gasteiger partial charge in [-0.3, -0.25) is 9.59 Å². The molecule has 146 valence electrons. The summed E-state index contributed by atoms with van der Waals surface area (Å²) in [5.41, 5.74) is 0.225. The quantitative estimate of drug-likeness (QED) is 0.468. The topological polar surface area (TPSA) is 108 Å². The maximum atomic E-state index is 12.3. The van der Waals surface area contributed by atoms with Crippen LogP contribution >= 0.6 is 11.3 Å². The van der Waals surface area contributed by atoms with Crippen molar-refractivity contribution in [3.05, 3.63) is 41.3 Å². The summed E-state index contributed by atoms with van der Waals surface area (Å²) in [6, 6.07) is 7.79. The zero-order valence-corrected chi connectivity index (χ0v) is 16.4. The normalized spacial score (nSPS) is 11.0. The number of carbonyl (C=O) groups excluding carboxylic acids is 2. The van der Waals surface area contributed by atoms with E-state index >= 15 is 0 Å². The predicted octanol–water partition coefficient (Wildman–Crippen LogP) is 1.86. The Morgan fingerprint density at radius 2 is 1.93 bits per heavy atom. The number of nitrogens with one attached hydrogen (secondary N) is 1. The number of thiophene rings is 1. The third kappa shape index (κ3) is 5.78. The third-order valence-corrected chi connectivity index (χ3v) is 6.31. The minimum atomic E-state index is -3.64. The highest BCUT2D eigenvalue weighted by Gasteiger charge is 2.18. The number of benzene rings is 1. The Balaban J connectivity index is 1.84. The molecule has 27 heavy (non-hydrogen) atoms. The van der Waals surface area contributed by atoms with Gasteiger partial charge in [-0.1, -0.05) is 6.07 Å². The lowest BCUT2D eigenvalue weighted by molar-refractivity contribution is -0.142. The van der Waals surface area contributed by atoms with Gasteiger partial charge in [0.1, 0.15) is 15.7 Å². The summed E-state index contributed by atoms with van der Waals surface area (Å²) in [5.74, 6) is -0.355. The molecule has 0 atom stereocenters. The van der Waals surface area contributed by atoms with E-state index in [1.165, 1.54) is 26.4 Å².